The third-order valence-corrected chi connectivity index (χ3v) is 3.44. The zero-order valence-corrected chi connectivity index (χ0v) is 10.7. The third kappa shape index (κ3) is 5.25. The molecule has 2 nitrogen and oxygen atoms in total. The van der Waals surface area contributed by atoms with E-state index in [1.54, 1.807) is 0 Å². The Bertz CT molecular complexity index is 218. The maximum atomic E-state index is 12.4. The summed E-state index contributed by atoms with van der Waals surface area (Å²) in [5.41, 5.74) is 0. The summed E-state index contributed by atoms with van der Waals surface area (Å²) in [4.78, 5) is 2.20. The van der Waals surface area contributed by atoms with Gasteiger partial charge >= 0.3 is 6.18 Å². The van der Waals surface area contributed by atoms with Gasteiger partial charge in [-0.25, -0.2) is 0 Å². The fraction of sp³-hybridized carbons (Fsp3) is 1.00. The average molecular weight is 252 g/mol. The molecule has 5 heteroatoms. The van der Waals surface area contributed by atoms with Crippen LogP contribution in [0.15, 0.2) is 0 Å². The molecule has 1 heterocycles. The Kier molecular flexibility index (Phi) is 5.73. The van der Waals surface area contributed by atoms with Crippen LogP contribution < -0.4 is 5.32 Å². The van der Waals surface area contributed by atoms with E-state index in [9.17, 15) is 13.2 Å². The van der Waals surface area contributed by atoms with E-state index < -0.39 is 12.1 Å². The fourth-order valence-electron chi connectivity index (χ4n) is 2.20. The predicted octanol–water partition coefficient (Wildman–Crippen LogP) is 2.65. The van der Waals surface area contributed by atoms with Crippen LogP contribution in [-0.4, -0.2) is 43.8 Å². The van der Waals surface area contributed by atoms with Gasteiger partial charge in [0.05, 0.1) is 5.92 Å². The molecule has 0 saturated carbocycles. The smallest absolute Gasteiger partial charge is 0.313 e. The van der Waals surface area contributed by atoms with E-state index in [1.807, 2.05) is 7.05 Å². The molecular weight excluding hydrogens is 229 g/mol. The largest absolute Gasteiger partial charge is 0.393 e. The number of hydrogen-bond acceptors (Lipinski definition) is 2. The van der Waals surface area contributed by atoms with Gasteiger partial charge < -0.3 is 10.2 Å². The Morgan fingerprint density at radius 2 is 2.00 bits per heavy atom. The highest BCUT2D eigenvalue weighted by molar-refractivity contribution is 4.85. The van der Waals surface area contributed by atoms with Crippen LogP contribution in [0.25, 0.3) is 0 Å². The number of hydrogen-bond donors (Lipinski definition) is 1. The number of nitrogens with one attached hydrogen (secondary N) is 1. The quantitative estimate of drug-likeness (QED) is 0.782. The summed E-state index contributed by atoms with van der Waals surface area (Å²) >= 11 is 0. The Balaban J connectivity index is 2.18. The average Bonchev–Trinajstić information content (AvgIpc) is 2.71. The molecule has 2 atom stereocenters. The summed E-state index contributed by atoms with van der Waals surface area (Å²) in [6.07, 6.45) is -0.671. The maximum Gasteiger partial charge on any atom is 0.393 e. The molecule has 17 heavy (non-hydrogen) atoms. The van der Waals surface area contributed by atoms with Gasteiger partial charge in [0.1, 0.15) is 0 Å². The molecule has 1 rings (SSSR count). The number of rotatable bonds is 6. The molecule has 0 bridgehead atoms. The highest BCUT2D eigenvalue weighted by atomic mass is 19.4. The summed E-state index contributed by atoms with van der Waals surface area (Å²) in [7, 11) is 2.03. The van der Waals surface area contributed by atoms with Crippen molar-refractivity contribution in [3.8, 4) is 0 Å². The van der Waals surface area contributed by atoms with E-state index in [0.717, 1.165) is 32.4 Å². The van der Waals surface area contributed by atoms with Gasteiger partial charge in [-0.2, -0.15) is 13.2 Å². The van der Waals surface area contributed by atoms with Crippen molar-refractivity contribution in [2.75, 3.05) is 26.7 Å². The van der Waals surface area contributed by atoms with Gasteiger partial charge in [0.15, 0.2) is 0 Å². The maximum absolute atomic E-state index is 12.4. The Labute approximate surface area is 102 Å². The van der Waals surface area contributed by atoms with Crippen LogP contribution in [0.5, 0.6) is 0 Å². The molecule has 0 aliphatic carbocycles. The van der Waals surface area contributed by atoms with Crippen LogP contribution in [0.2, 0.25) is 0 Å². The Morgan fingerprint density at radius 1 is 1.29 bits per heavy atom. The number of unbranched alkanes of at least 4 members (excludes halogenated alkanes) is 1. The molecule has 0 amide bonds. The van der Waals surface area contributed by atoms with E-state index in [4.69, 9.17) is 0 Å². The lowest BCUT2D eigenvalue weighted by Crippen LogP contribution is -2.29. The minimum absolute atomic E-state index is 0.0331. The van der Waals surface area contributed by atoms with E-state index in [-0.39, 0.29) is 19.0 Å². The van der Waals surface area contributed by atoms with E-state index in [1.165, 1.54) is 0 Å². The number of nitrogens with zero attached hydrogens (tertiary/aromatic N) is 1. The van der Waals surface area contributed by atoms with Gasteiger partial charge in [-0.05, 0) is 39.4 Å². The first-order valence-electron chi connectivity index (χ1n) is 6.42. The van der Waals surface area contributed by atoms with Crippen molar-refractivity contribution >= 4 is 0 Å². The summed E-state index contributed by atoms with van der Waals surface area (Å²) < 4.78 is 37.3. The molecule has 1 fully saturated rings. The normalized spacial score (nSPS) is 25.8. The monoisotopic (exact) mass is 252 g/mol. The van der Waals surface area contributed by atoms with Crippen molar-refractivity contribution in [2.45, 2.75) is 44.8 Å². The fourth-order valence-corrected chi connectivity index (χ4v) is 2.20. The van der Waals surface area contributed by atoms with E-state index in [2.05, 4.69) is 17.1 Å². The van der Waals surface area contributed by atoms with Crippen LogP contribution >= 0.6 is 0 Å². The molecule has 0 spiro atoms. The van der Waals surface area contributed by atoms with Crippen LogP contribution in [0, 0.1) is 5.92 Å². The highest BCUT2D eigenvalue weighted by Gasteiger charge is 2.43. The second-order valence-corrected chi connectivity index (χ2v) is 5.02. The van der Waals surface area contributed by atoms with Crippen molar-refractivity contribution in [1.82, 2.24) is 10.2 Å². The molecule has 0 aromatic heterocycles. The summed E-state index contributed by atoms with van der Waals surface area (Å²) in [6, 6.07) is 0.0331. The lowest BCUT2D eigenvalue weighted by atomic mass is 10.0. The van der Waals surface area contributed by atoms with Crippen molar-refractivity contribution in [1.29, 1.82) is 0 Å². The molecule has 0 aromatic rings. The SMILES string of the molecule is CCCCN(C)CCC1CC(C(F)(F)F)CN1. The van der Waals surface area contributed by atoms with Crippen molar-refractivity contribution in [2.24, 2.45) is 5.92 Å². The van der Waals surface area contributed by atoms with Crippen molar-refractivity contribution < 1.29 is 13.2 Å². The minimum atomic E-state index is -4.03. The number of halogens is 3. The lowest BCUT2D eigenvalue weighted by molar-refractivity contribution is -0.169. The summed E-state index contributed by atoms with van der Waals surface area (Å²) in [6.45, 7) is 4.14. The third-order valence-electron chi connectivity index (χ3n) is 3.44. The van der Waals surface area contributed by atoms with Gasteiger partial charge in [-0.3, -0.25) is 0 Å². The van der Waals surface area contributed by atoms with Gasteiger partial charge in [-0.15, -0.1) is 0 Å². The van der Waals surface area contributed by atoms with Gasteiger partial charge in [-0.1, -0.05) is 13.3 Å². The van der Waals surface area contributed by atoms with Crippen molar-refractivity contribution in [3.63, 3.8) is 0 Å². The van der Waals surface area contributed by atoms with Crippen LogP contribution in [0.1, 0.15) is 32.6 Å². The van der Waals surface area contributed by atoms with Gasteiger partial charge in [0, 0.05) is 12.6 Å². The molecule has 2 unspecified atom stereocenters. The Morgan fingerprint density at radius 3 is 2.53 bits per heavy atom. The summed E-state index contributed by atoms with van der Waals surface area (Å²) in [5.74, 6) is -1.14. The first-order chi connectivity index (χ1) is 7.93. The zero-order valence-electron chi connectivity index (χ0n) is 10.7. The molecule has 102 valence electrons. The predicted molar refractivity (Wildman–Crippen MR) is 63.0 cm³/mol. The molecule has 1 aliphatic heterocycles. The summed E-state index contributed by atoms with van der Waals surface area (Å²) in [5, 5.41) is 2.98. The lowest BCUT2D eigenvalue weighted by Gasteiger charge is -2.19. The van der Waals surface area contributed by atoms with Crippen LogP contribution in [0.3, 0.4) is 0 Å². The molecule has 1 N–H and O–H groups in total. The van der Waals surface area contributed by atoms with E-state index >= 15 is 0 Å². The van der Waals surface area contributed by atoms with E-state index in [0.29, 0.717) is 0 Å². The molecule has 1 saturated heterocycles. The van der Waals surface area contributed by atoms with Crippen molar-refractivity contribution in [3.05, 3.63) is 0 Å². The number of alkyl halides is 3. The Hall–Kier alpha value is -0.290. The molecular formula is C12H23F3N2. The van der Waals surface area contributed by atoms with Gasteiger partial charge in [0.2, 0.25) is 0 Å². The highest BCUT2D eigenvalue weighted by Crippen LogP contribution is 2.33. The van der Waals surface area contributed by atoms with Crippen LogP contribution in [0.4, 0.5) is 13.2 Å². The van der Waals surface area contributed by atoms with Gasteiger partial charge in [0.25, 0.3) is 0 Å². The standard InChI is InChI=1S/C12H23F3N2/c1-3-4-6-17(2)7-5-11-8-10(9-16-11)12(13,14)15/h10-11,16H,3-9H2,1-2H3. The first kappa shape index (κ1) is 14.8. The van der Waals surface area contributed by atoms with Crippen LogP contribution in [-0.2, 0) is 0 Å². The minimum Gasteiger partial charge on any atom is -0.313 e. The second-order valence-electron chi connectivity index (χ2n) is 5.02. The first-order valence-corrected chi connectivity index (χ1v) is 6.42. The molecule has 1 aliphatic rings. The topological polar surface area (TPSA) is 15.3 Å². The molecule has 0 aromatic carbocycles. The molecule has 0 radical (unpaired) electrons. The zero-order chi connectivity index (χ0) is 12.9. The second kappa shape index (κ2) is 6.59.